The second-order valence-corrected chi connectivity index (χ2v) is 9.03. The highest BCUT2D eigenvalue weighted by molar-refractivity contribution is 7.92. The first-order chi connectivity index (χ1) is 15.5. The summed E-state index contributed by atoms with van der Waals surface area (Å²) >= 11 is 0. The van der Waals surface area contributed by atoms with Crippen molar-refractivity contribution in [3.8, 4) is 11.5 Å². The fourth-order valence-corrected chi connectivity index (χ4v) is 4.82. The Hall–Kier alpha value is -2.82. The summed E-state index contributed by atoms with van der Waals surface area (Å²) in [6.07, 6.45) is 0. The summed E-state index contributed by atoms with van der Waals surface area (Å²) in [5.74, 6) is 0.321. The van der Waals surface area contributed by atoms with Crippen molar-refractivity contribution in [3.05, 3.63) is 48.5 Å². The number of benzene rings is 2. The van der Waals surface area contributed by atoms with Crippen molar-refractivity contribution in [2.75, 3.05) is 64.5 Å². The third kappa shape index (κ3) is 5.90. The summed E-state index contributed by atoms with van der Waals surface area (Å²) in [5.41, 5.74) is 0.394. The number of carbonyl (C=O) groups is 1. The highest BCUT2D eigenvalue weighted by Gasteiger charge is 2.28. The molecule has 0 aliphatic carbocycles. The minimum atomic E-state index is -4.04. The lowest BCUT2D eigenvalue weighted by molar-refractivity contribution is -0.119. The molecule has 32 heavy (non-hydrogen) atoms. The topological polar surface area (TPSA) is 97.4 Å². The lowest BCUT2D eigenvalue weighted by Gasteiger charge is -2.27. The number of nitrogens with one attached hydrogen (secondary N) is 1. The van der Waals surface area contributed by atoms with E-state index in [2.05, 4.69) is 10.2 Å². The zero-order chi connectivity index (χ0) is 23.0. The molecule has 2 aromatic rings. The summed E-state index contributed by atoms with van der Waals surface area (Å²) in [7, 11) is -1.13. The monoisotopic (exact) mass is 463 g/mol. The zero-order valence-corrected chi connectivity index (χ0v) is 19.1. The first-order valence-electron chi connectivity index (χ1n) is 10.3. The van der Waals surface area contributed by atoms with Gasteiger partial charge in [-0.2, -0.15) is 0 Å². The van der Waals surface area contributed by atoms with Crippen LogP contribution < -0.4 is 19.1 Å². The van der Waals surface area contributed by atoms with Crippen LogP contribution in [0.15, 0.2) is 53.4 Å². The fourth-order valence-electron chi connectivity index (χ4n) is 3.38. The van der Waals surface area contributed by atoms with Crippen LogP contribution in [0.2, 0.25) is 0 Å². The lowest BCUT2D eigenvalue weighted by Crippen LogP contribution is -2.44. The minimum absolute atomic E-state index is 0.000111. The Labute approximate surface area is 188 Å². The van der Waals surface area contributed by atoms with Crippen LogP contribution in [0.5, 0.6) is 11.5 Å². The minimum Gasteiger partial charge on any atom is -0.493 e. The molecule has 3 rings (SSSR count). The molecule has 1 heterocycles. The second kappa shape index (κ2) is 11.2. The maximum absolute atomic E-state index is 13.5. The number of sulfonamides is 1. The van der Waals surface area contributed by atoms with Gasteiger partial charge in [0.1, 0.15) is 6.54 Å². The molecule has 1 fully saturated rings. The van der Waals surface area contributed by atoms with Crippen molar-refractivity contribution in [3.63, 3.8) is 0 Å². The molecule has 0 spiro atoms. The second-order valence-electron chi connectivity index (χ2n) is 7.17. The molecule has 0 saturated carbocycles. The van der Waals surface area contributed by atoms with E-state index < -0.39 is 10.0 Å². The smallest absolute Gasteiger partial charge is 0.264 e. The zero-order valence-electron chi connectivity index (χ0n) is 18.3. The number of nitrogens with zero attached hydrogens (tertiary/aromatic N) is 2. The number of rotatable bonds is 10. The molecule has 1 aliphatic heterocycles. The number of hydrogen-bond donors (Lipinski definition) is 1. The summed E-state index contributed by atoms with van der Waals surface area (Å²) in [4.78, 5) is 14.9. The van der Waals surface area contributed by atoms with Gasteiger partial charge in [-0.3, -0.25) is 14.0 Å². The van der Waals surface area contributed by atoms with Gasteiger partial charge >= 0.3 is 0 Å². The highest BCUT2D eigenvalue weighted by atomic mass is 32.2. The third-order valence-electron chi connectivity index (χ3n) is 5.13. The van der Waals surface area contributed by atoms with Crippen LogP contribution in [0.25, 0.3) is 0 Å². The quantitative estimate of drug-likeness (QED) is 0.568. The van der Waals surface area contributed by atoms with Crippen molar-refractivity contribution >= 4 is 21.6 Å². The number of para-hydroxylation sites is 1. The first kappa shape index (κ1) is 23.8. The summed E-state index contributed by atoms with van der Waals surface area (Å²) in [6, 6.07) is 12.9. The van der Waals surface area contributed by atoms with Crippen molar-refractivity contribution in [1.82, 2.24) is 10.2 Å². The van der Waals surface area contributed by atoms with Gasteiger partial charge in [-0.1, -0.05) is 18.2 Å². The predicted molar refractivity (Wildman–Crippen MR) is 121 cm³/mol. The van der Waals surface area contributed by atoms with E-state index in [-0.39, 0.29) is 23.1 Å². The van der Waals surface area contributed by atoms with Gasteiger partial charge in [0.2, 0.25) is 5.91 Å². The molecule has 0 bridgehead atoms. The molecule has 1 saturated heterocycles. The number of ether oxygens (including phenoxy) is 3. The van der Waals surface area contributed by atoms with E-state index >= 15 is 0 Å². The Kier molecular flexibility index (Phi) is 8.32. The summed E-state index contributed by atoms with van der Waals surface area (Å²) < 4.78 is 43.8. The van der Waals surface area contributed by atoms with E-state index in [0.717, 1.165) is 17.4 Å². The van der Waals surface area contributed by atoms with Gasteiger partial charge in [-0.25, -0.2) is 8.42 Å². The van der Waals surface area contributed by atoms with Gasteiger partial charge < -0.3 is 19.5 Å². The summed E-state index contributed by atoms with van der Waals surface area (Å²) in [5, 5.41) is 2.82. The Morgan fingerprint density at radius 1 is 1.06 bits per heavy atom. The van der Waals surface area contributed by atoms with Crippen molar-refractivity contribution < 1.29 is 27.4 Å². The Bertz CT molecular complexity index is 994. The van der Waals surface area contributed by atoms with E-state index in [1.807, 2.05) is 0 Å². The number of anilines is 1. The number of carbonyl (C=O) groups excluding carboxylic acids is 1. The molecule has 1 N–H and O–H groups in total. The molecule has 1 aliphatic rings. The first-order valence-corrected chi connectivity index (χ1v) is 11.8. The molecule has 10 heteroatoms. The van der Waals surface area contributed by atoms with E-state index in [1.165, 1.54) is 32.4 Å². The van der Waals surface area contributed by atoms with Crippen LogP contribution in [0.3, 0.4) is 0 Å². The number of methoxy groups -OCH3 is 2. The molecule has 0 atom stereocenters. The van der Waals surface area contributed by atoms with Crippen LogP contribution in [0.1, 0.15) is 0 Å². The Morgan fingerprint density at radius 2 is 1.75 bits per heavy atom. The molecule has 1 amide bonds. The molecule has 0 radical (unpaired) electrons. The van der Waals surface area contributed by atoms with Crippen LogP contribution in [0.4, 0.5) is 5.69 Å². The van der Waals surface area contributed by atoms with Gasteiger partial charge in [-0.15, -0.1) is 0 Å². The molecule has 0 aromatic heterocycles. The van der Waals surface area contributed by atoms with Crippen LogP contribution in [-0.2, 0) is 19.6 Å². The van der Waals surface area contributed by atoms with E-state index in [9.17, 15) is 13.2 Å². The number of amides is 1. The third-order valence-corrected chi connectivity index (χ3v) is 6.90. The largest absolute Gasteiger partial charge is 0.493 e. The molecule has 174 valence electrons. The average molecular weight is 464 g/mol. The highest BCUT2D eigenvalue weighted by Crippen LogP contribution is 2.32. The lowest BCUT2D eigenvalue weighted by atomic mass is 10.3. The van der Waals surface area contributed by atoms with Crippen LogP contribution >= 0.6 is 0 Å². The molecular formula is C22H29N3O6S. The van der Waals surface area contributed by atoms with E-state index in [1.54, 1.807) is 30.3 Å². The number of hydrogen-bond acceptors (Lipinski definition) is 7. The van der Waals surface area contributed by atoms with Gasteiger partial charge in [0, 0.05) is 32.2 Å². The molecular weight excluding hydrogens is 434 g/mol. The molecule has 2 aromatic carbocycles. The van der Waals surface area contributed by atoms with Gasteiger partial charge in [0.05, 0.1) is 38.0 Å². The molecule has 9 nitrogen and oxygen atoms in total. The van der Waals surface area contributed by atoms with E-state index in [4.69, 9.17) is 14.2 Å². The maximum Gasteiger partial charge on any atom is 0.264 e. The molecule has 0 unspecified atom stereocenters. The Morgan fingerprint density at radius 3 is 2.41 bits per heavy atom. The standard InChI is InChI=1S/C22H29N3O6S/c1-29-20-9-8-19(16-21(20)30-2)32(27,28)25(18-6-4-3-5-7-18)17-22(26)23-10-11-24-12-14-31-15-13-24/h3-9,16H,10-15,17H2,1-2H3,(H,23,26). The van der Waals surface area contributed by atoms with Gasteiger partial charge in [0.25, 0.3) is 10.0 Å². The van der Waals surface area contributed by atoms with Crippen molar-refractivity contribution in [2.24, 2.45) is 0 Å². The summed E-state index contributed by atoms with van der Waals surface area (Å²) in [6.45, 7) is 3.77. The predicted octanol–water partition coefficient (Wildman–Crippen LogP) is 1.35. The van der Waals surface area contributed by atoms with E-state index in [0.29, 0.717) is 37.7 Å². The fraction of sp³-hybridized carbons (Fsp3) is 0.409. The normalized spacial score (nSPS) is 14.6. The van der Waals surface area contributed by atoms with Gasteiger partial charge in [-0.05, 0) is 24.3 Å². The van der Waals surface area contributed by atoms with Crippen molar-refractivity contribution in [2.45, 2.75) is 4.90 Å². The van der Waals surface area contributed by atoms with Gasteiger partial charge in [0.15, 0.2) is 11.5 Å². The van der Waals surface area contributed by atoms with Crippen LogP contribution in [0, 0.1) is 0 Å². The number of morpholine rings is 1. The maximum atomic E-state index is 13.5. The Balaban J connectivity index is 1.77. The van der Waals surface area contributed by atoms with Crippen LogP contribution in [-0.4, -0.2) is 79.4 Å². The van der Waals surface area contributed by atoms with Crippen molar-refractivity contribution in [1.29, 1.82) is 0 Å². The SMILES string of the molecule is COc1ccc(S(=O)(=O)N(CC(=O)NCCN2CCOCC2)c2ccccc2)cc1OC. The average Bonchev–Trinajstić information content (AvgIpc) is 2.83.